The van der Waals surface area contributed by atoms with Crippen LogP contribution in [0.1, 0.15) is 23.0 Å². The number of furan rings is 1. The molecule has 1 heterocycles. The van der Waals surface area contributed by atoms with Gasteiger partial charge in [0, 0.05) is 0 Å². The van der Waals surface area contributed by atoms with E-state index >= 15 is 0 Å². The van der Waals surface area contributed by atoms with E-state index < -0.39 is 23.8 Å². The number of nitriles is 1. The topological polar surface area (TPSA) is 133 Å². The van der Waals surface area contributed by atoms with Crippen LogP contribution in [0.4, 0.5) is 0 Å². The highest BCUT2D eigenvalue weighted by molar-refractivity contribution is 5.95. The van der Waals surface area contributed by atoms with E-state index in [4.69, 9.17) is 14.4 Å². The number of ether oxygens (including phenoxy) is 1. The van der Waals surface area contributed by atoms with Gasteiger partial charge in [-0.3, -0.25) is 25.2 Å². The summed E-state index contributed by atoms with van der Waals surface area (Å²) in [6.45, 7) is 1.12. The van der Waals surface area contributed by atoms with Crippen molar-refractivity contribution in [2.75, 3.05) is 6.61 Å². The van der Waals surface area contributed by atoms with Crippen LogP contribution in [0.5, 0.6) is 5.75 Å². The number of benzene rings is 1. The first kappa shape index (κ1) is 18.5. The molecule has 0 saturated heterocycles. The molecule has 9 heteroatoms. The Bertz CT molecular complexity index is 809. The van der Waals surface area contributed by atoms with E-state index in [1.165, 1.54) is 19.3 Å². The normalized spacial score (nSPS) is 10.9. The number of carbonyl (C=O) groups excluding carboxylic acids is 3. The minimum absolute atomic E-state index is 0.0736. The van der Waals surface area contributed by atoms with Crippen LogP contribution in [0.2, 0.25) is 0 Å². The van der Waals surface area contributed by atoms with Gasteiger partial charge in [-0.1, -0.05) is 0 Å². The summed E-state index contributed by atoms with van der Waals surface area (Å²) in [6, 6.07) is 10.3. The van der Waals surface area contributed by atoms with Crippen molar-refractivity contribution in [2.45, 2.75) is 13.0 Å². The number of nitrogens with one attached hydrogen (secondary N) is 3. The lowest BCUT2D eigenvalue weighted by molar-refractivity contribution is -0.130. The number of carbonyl (C=O) groups is 3. The van der Waals surface area contributed by atoms with Crippen molar-refractivity contribution in [1.29, 1.82) is 5.26 Å². The van der Waals surface area contributed by atoms with E-state index in [9.17, 15) is 14.4 Å². The number of hydrogen-bond donors (Lipinski definition) is 3. The lowest BCUT2D eigenvalue weighted by Gasteiger charge is -2.14. The molecule has 3 amide bonds. The summed E-state index contributed by atoms with van der Waals surface area (Å²) in [5, 5.41) is 11.1. The van der Waals surface area contributed by atoms with Crippen molar-refractivity contribution in [3.8, 4) is 11.8 Å². The molecule has 134 valence electrons. The molecule has 0 aliphatic rings. The van der Waals surface area contributed by atoms with Crippen LogP contribution < -0.4 is 20.9 Å². The number of nitrogens with zero attached hydrogens (tertiary/aromatic N) is 1. The summed E-state index contributed by atoms with van der Waals surface area (Å²) in [7, 11) is 0. The van der Waals surface area contributed by atoms with Crippen LogP contribution in [-0.2, 0) is 9.59 Å². The van der Waals surface area contributed by atoms with E-state index in [0.29, 0.717) is 11.3 Å². The third-order valence-corrected chi connectivity index (χ3v) is 3.16. The third-order valence-electron chi connectivity index (χ3n) is 3.16. The molecule has 26 heavy (non-hydrogen) atoms. The van der Waals surface area contributed by atoms with E-state index in [-0.39, 0.29) is 12.4 Å². The molecule has 0 bridgehead atoms. The molecule has 1 aromatic carbocycles. The fourth-order valence-electron chi connectivity index (χ4n) is 1.79. The Morgan fingerprint density at radius 3 is 2.54 bits per heavy atom. The maximum absolute atomic E-state index is 11.9. The van der Waals surface area contributed by atoms with Crippen molar-refractivity contribution < 1.29 is 23.5 Å². The Kier molecular flexibility index (Phi) is 6.34. The number of hydrazine groups is 1. The minimum Gasteiger partial charge on any atom is -0.484 e. The van der Waals surface area contributed by atoms with Crippen LogP contribution in [0.25, 0.3) is 0 Å². The summed E-state index contributed by atoms with van der Waals surface area (Å²) < 4.78 is 10.1. The third kappa shape index (κ3) is 5.38. The molecule has 0 aliphatic carbocycles. The Morgan fingerprint density at radius 1 is 1.19 bits per heavy atom. The predicted molar refractivity (Wildman–Crippen MR) is 88.6 cm³/mol. The Balaban J connectivity index is 1.71. The van der Waals surface area contributed by atoms with E-state index in [2.05, 4.69) is 16.2 Å². The van der Waals surface area contributed by atoms with Gasteiger partial charge < -0.3 is 14.5 Å². The molecule has 2 aromatic rings. The Morgan fingerprint density at radius 2 is 1.92 bits per heavy atom. The number of rotatable bonds is 6. The highest BCUT2D eigenvalue weighted by Crippen LogP contribution is 2.11. The molecule has 1 atom stereocenters. The summed E-state index contributed by atoms with van der Waals surface area (Å²) in [5.41, 5.74) is 4.83. The highest BCUT2D eigenvalue weighted by atomic mass is 16.5. The van der Waals surface area contributed by atoms with Crippen molar-refractivity contribution in [1.82, 2.24) is 16.2 Å². The molecule has 0 unspecified atom stereocenters. The maximum atomic E-state index is 11.9. The molecule has 2 rings (SSSR count). The van der Waals surface area contributed by atoms with Gasteiger partial charge in [-0.2, -0.15) is 5.26 Å². The van der Waals surface area contributed by atoms with Crippen molar-refractivity contribution in [2.24, 2.45) is 0 Å². The Labute approximate surface area is 148 Å². The Hall–Kier alpha value is -3.80. The first-order valence-electron chi connectivity index (χ1n) is 7.55. The summed E-state index contributed by atoms with van der Waals surface area (Å²) in [6.07, 6.45) is 1.34. The standard InChI is InChI=1S/C17H16N4O5/c1-11(19-17(24)14-3-2-8-25-14)16(23)21-20-15(22)10-26-13-6-4-12(9-18)5-7-13/h2-8,11H,10H2,1H3,(H,19,24)(H,20,22)(H,21,23)/t11-/m1/s1. The van der Waals surface area contributed by atoms with Crippen LogP contribution in [0.15, 0.2) is 47.1 Å². The second kappa shape index (κ2) is 8.89. The zero-order chi connectivity index (χ0) is 18.9. The van der Waals surface area contributed by atoms with Gasteiger partial charge in [0.2, 0.25) is 0 Å². The van der Waals surface area contributed by atoms with Crippen molar-refractivity contribution in [3.63, 3.8) is 0 Å². The van der Waals surface area contributed by atoms with Crippen LogP contribution in [-0.4, -0.2) is 30.4 Å². The first-order valence-corrected chi connectivity index (χ1v) is 7.55. The molecule has 0 spiro atoms. The molecule has 3 N–H and O–H groups in total. The monoisotopic (exact) mass is 356 g/mol. The van der Waals surface area contributed by atoms with E-state index in [1.807, 2.05) is 6.07 Å². The van der Waals surface area contributed by atoms with Gasteiger partial charge in [0.1, 0.15) is 11.8 Å². The smallest absolute Gasteiger partial charge is 0.287 e. The average Bonchev–Trinajstić information content (AvgIpc) is 3.19. The zero-order valence-corrected chi connectivity index (χ0v) is 13.8. The predicted octanol–water partition coefficient (Wildman–Crippen LogP) is 0.496. The molecule has 9 nitrogen and oxygen atoms in total. The number of amides is 3. The molecule has 0 saturated carbocycles. The summed E-state index contributed by atoms with van der Waals surface area (Å²) in [4.78, 5) is 35.3. The average molecular weight is 356 g/mol. The fraction of sp³-hybridized carbons (Fsp3) is 0.176. The molecule has 0 aliphatic heterocycles. The highest BCUT2D eigenvalue weighted by Gasteiger charge is 2.18. The van der Waals surface area contributed by atoms with Gasteiger partial charge >= 0.3 is 0 Å². The minimum atomic E-state index is -0.896. The molecule has 1 aromatic heterocycles. The summed E-state index contributed by atoms with van der Waals surface area (Å²) in [5.74, 6) is -1.27. The SMILES string of the molecule is C[C@@H](NC(=O)c1ccco1)C(=O)NNC(=O)COc1ccc(C#N)cc1. The van der Waals surface area contributed by atoms with Gasteiger partial charge in [-0.05, 0) is 43.3 Å². The van der Waals surface area contributed by atoms with Crippen LogP contribution in [0, 0.1) is 11.3 Å². The lowest BCUT2D eigenvalue weighted by Crippen LogP contribution is -2.51. The second-order valence-corrected chi connectivity index (χ2v) is 5.13. The molecular weight excluding hydrogens is 340 g/mol. The van der Waals surface area contributed by atoms with E-state index in [0.717, 1.165) is 0 Å². The maximum Gasteiger partial charge on any atom is 0.287 e. The fourth-order valence-corrected chi connectivity index (χ4v) is 1.79. The molecule has 0 fully saturated rings. The molecular formula is C17H16N4O5. The largest absolute Gasteiger partial charge is 0.484 e. The van der Waals surface area contributed by atoms with Gasteiger partial charge in [0.25, 0.3) is 17.7 Å². The summed E-state index contributed by atoms with van der Waals surface area (Å²) >= 11 is 0. The van der Waals surface area contributed by atoms with Gasteiger partial charge in [0.05, 0.1) is 17.9 Å². The van der Waals surface area contributed by atoms with Gasteiger partial charge in [-0.15, -0.1) is 0 Å². The zero-order valence-electron chi connectivity index (χ0n) is 13.8. The van der Waals surface area contributed by atoms with E-state index in [1.54, 1.807) is 30.3 Å². The van der Waals surface area contributed by atoms with Gasteiger partial charge in [-0.25, -0.2) is 0 Å². The van der Waals surface area contributed by atoms with Crippen LogP contribution >= 0.6 is 0 Å². The molecule has 0 radical (unpaired) electrons. The van der Waals surface area contributed by atoms with Crippen molar-refractivity contribution in [3.05, 3.63) is 54.0 Å². The quantitative estimate of drug-likeness (QED) is 0.645. The van der Waals surface area contributed by atoms with Crippen LogP contribution in [0.3, 0.4) is 0 Å². The number of hydrogen-bond acceptors (Lipinski definition) is 6. The first-order chi connectivity index (χ1) is 12.5. The van der Waals surface area contributed by atoms with Crippen molar-refractivity contribution >= 4 is 17.7 Å². The van der Waals surface area contributed by atoms with Gasteiger partial charge in [0.15, 0.2) is 12.4 Å². The lowest BCUT2D eigenvalue weighted by atomic mass is 10.2. The second-order valence-electron chi connectivity index (χ2n) is 5.13.